The number of rotatable bonds is 3. The zero-order chi connectivity index (χ0) is 10.7. The largest absolute Gasteiger partial charge is 0.496 e. The molecule has 1 rings (SSSR count). The van der Waals surface area contributed by atoms with E-state index < -0.39 is 0 Å². The van der Waals surface area contributed by atoms with E-state index in [4.69, 9.17) is 4.74 Å². The van der Waals surface area contributed by atoms with Gasteiger partial charge < -0.3 is 4.74 Å². The number of hydrogen-bond acceptors (Lipinski definition) is 3. The van der Waals surface area contributed by atoms with Crippen LogP contribution in [0.1, 0.15) is 33.2 Å². The molecule has 0 spiro atoms. The molecule has 14 heavy (non-hydrogen) atoms. The predicted molar refractivity (Wildman–Crippen MR) is 53.1 cm³/mol. The summed E-state index contributed by atoms with van der Waals surface area (Å²) in [5.41, 5.74) is 1.64. The van der Waals surface area contributed by atoms with Gasteiger partial charge in [-0.3, -0.25) is 9.59 Å². The molecule has 0 radical (unpaired) electrons. The maximum absolute atomic E-state index is 11.3. The van der Waals surface area contributed by atoms with Crippen LogP contribution in [0.3, 0.4) is 0 Å². The standard InChI is InChI=1S/C11H12O3/c1-7-4-9(6-12)11(8(2)13)10(5-7)14-3/h4-6H,1-3H3. The zero-order valence-corrected chi connectivity index (χ0v) is 8.46. The number of benzene rings is 1. The van der Waals surface area contributed by atoms with Crippen LogP contribution in [-0.2, 0) is 0 Å². The minimum atomic E-state index is -0.163. The lowest BCUT2D eigenvalue weighted by molar-refractivity contribution is 0.100. The second kappa shape index (κ2) is 4.05. The van der Waals surface area contributed by atoms with Crippen LogP contribution in [0.4, 0.5) is 0 Å². The van der Waals surface area contributed by atoms with E-state index >= 15 is 0 Å². The van der Waals surface area contributed by atoms with Gasteiger partial charge in [0, 0.05) is 5.56 Å². The van der Waals surface area contributed by atoms with Gasteiger partial charge >= 0.3 is 0 Å². The van der Waals surface area contributed by atoms with Crippen LogP contribution in [0.25, 0.3) is 0 Å². The first-order valence-electron chi connectivity index (χ1n) is 4.25. The van der Waals surface area contributed by atoms with E-state index in [-0.39, 0.29) is 5.78 Å². The fourth-order valence-corrected chi connectivity index (χ4v) is 1.41. The molecule has 0 aromatic heterocycles. The first-order valence-corrected chi connectivity index (χ1v) is 4.25. The molecule has 0 heterocycles. The summed E-state index contributed by atoms with van der Waals surface area (Å²) < 4.78 is 5.05. The van der Waals surface area contributed by atoms with Gasteiger partial charge in [0.2, 0.25) is 0 Å². The highest BCUT2D eigenvalue weighted by atomic mass is 16.5. The third kappa shape index (κ3) is 1.82. The summed E-state index contributed by atoms with van der Waals surface area (Å²) in [5.74, 6) is 0.295. The lowest BCUT2D eigenvalue weighted by atomic mass is 10.0. The van der Waals surface area contributed by atoms with E-state index in [0.29, 0.717) is 23.2 Å². The molecule has 0 saturated carbocycles. The predicted octanol–water partition coefficient (Wildman–Crippen LogP) is 2.02. The molecular formula is C11H12O3. The topological polar surface area (TPSA) is 43.4 Å². The van der Waals surface area contributed by atoms with Crippen molar-refractivity contribution >= 4 is 12.1 Å². The van der Waals surface area contributed by atoms with Crippen LogP contribution in [-0.4, -0.2) is 19.2 Å². The summed E-state index contributed by atoms with van der Waals surface area (Å²) in [6.45, 7) is 3.26. The van der Waals surface area contributed by atoms with E-state index in [0.717, 1.165) is 5.56 Å². The van der Waals surface area contributed by atoms with Crippen LogP contribution in [0.5, 0.6) is 5.75 Å². The average molecular weight is 192 g/mol. The Labute approximate surface area is 82.7 Å². The van der Waals surface area contributed by atoms with Crippen molar-refractivity contribution in [2.45, 2.75) is 13.8 Å². The quantitative estimate of drug-likeness (QED) is 0.543. The number of carbonyl (C=O) groups excluding carboxylic acids is 2. The summed E-state index contributed by atoms with van der Waals surface area (Å²) in [7, 11) is 1.48. The Morgan fingerprint density at radius 3 is 2.50 bits per heavy atom. The average Bonchev–Trinajstić information content (AvgIpc) is 2.15. The fourth-order valence-electron chi connectivity index (χ4n) is 1.41. The molecule has 0 atom stereocenters. The summed E-state index contributed by atoms with van der Waals surface area (Å²) in [5, 5.41) is 0. The third-order valence-electron chi connectivity index (χ3n) is 1.98. The van der Waals surface area contributed by atoms with E-state index in [9.17, 15) is 9.59 Å². The molecule has 0 N–H and O–H groups in total. The van der Waals surface area contributed by atoms with Crippen molar-refractivity contribution in [3.63, 3.8) is 0 Å². The van der Waals surface area contributed by atoms with Crippen molar-refractivity contribution < 1.29 is 14.3 Å². The summed E-state index contributed by atoms with van der Waals surface area (Å²) in [6.07, 6.45) is 0.673. The first kappa shape index (κ1) is 10.4. The molecule has 3 nitrogen and oxygen atoms in total. The van der Waals surface area contributed by atoms with Gasteiger partial charge in [0.1, 0.15) is 5.75 Å². The number of Topliss-reactive ketones (excluding diaryl/α,β-unsaturated/α-hetero) is 1. The Morgan fingerprint density at radius 2 is 2.07 bits per heavy atom. The fraction of sp³-hybridized carbons (Fsp3) is 0.273. The highest BCUT2D eigenvalue weighted by Gasteiger charge is 2.13. The zero-order valence-electron chi connectivity index (χ0n) is 8.46. The molecule has 74 valence electrons. The van der Waals surface area contributed by atoms with Crippen molar-refractivity contribution in [2.24, 2.45) is 0 Å². The third-order valence-corrected chi connectivity index (χ3v) is 1.98. The van der Waals surface area contributed by atoms with E-state index in [1.165, 1.54) is 14.0 Å². The normalized spacial score (nSPS) is 9.64. The van der Waals surface area contributed by atoms with Gasteiger partial charge in [-0.15, -0.1) is 0 Å². The van der Waals surface area contributed by atoms with Gasteiger partial charge in [-0.1, -0.05) is 0 Å². The molecule has 1 aromatic carbocycles. The van der Waals surface area contributed by atoms with Crippen LogP contribution < -0.4 is 4.74 Å². The number of ether oxygens (including phenoxy) is 1. The van der Waals surface area contributed by atoms with Crippen molar-refractivity contribution in [3.05, 3.63) is 28.8 Å². The maximum Gasteiger partial charge on any atom is 0.164 e. The van der Waals surface area contributed by atoms with Crippen LogP contribution >= 0.6 is 0 Å². The maximum atomic E-state index is 11.3. The number of methoxy groups -OCH3 is 1. The summed E-state index contributed by atoms with van der Waals surface area (Å²) >= 11 is 0. The molecule has 0 aliphatic heterocycles. The van der Waals surface area contributed by atoms with Crippen molar-refractivity contribution in [1.29, 1.82) is 0 Å². The van der Waals surface area contributed by atoms with Crippen LogP contribution in [0.2, 0.25) is 0 Å². The summed E-state index contributed by atoms with van der Waals surface area (Å²) in [4.78, 5) is 22.0. The van der Waals surface area contributed by atoms with Crippen molar-refractivity contribution in [3.8, 4) is 5.75 Å². The Bertz CT molecular complexity index is 380. The highest BCUT2D eigenvalue weighted by Crippen LogP contribution is 2.23. The number of hydrogen-bond donors (Lipinski definition) is 0. The second-order valence-corrected chi connectivity index (χ2v) is 3.11. The molecule has 3 heteroatoms. The Kier molecular flexibility index (Phi) is 3.02. The number of aldehydes is 1. The smallest absolute Gasteiger partial charge is 0.164 e. The SMILES string of the molecule is COc1cc(C)cc(C=O)c1C(C)=O. The lowest BCUT2D eigenvalue weighted by Crippen LogP contribution is -2.03. The first-order chi connectivity index (χ1) is 6.60. The molecule has 0 bridgehead atoms. The summed E-state index contributed by atoms with van der Waals surface area (Å²) in [6, 6.07) is 3.41. The highest BCUT2D eigenvalue weighted by molar-refractivity contribution is 6.03. The van der Waals surface area contributed by atoms with Gasteiger partial charge in [-0.2, -0.15) is 0 Å². The Morgan fingerprint density at radius 1 is 1.43 bits per heavy atom. The van der Waals surface area contributed by atoms with Gasteiger partial charge in [-0.05, 0) is 31.5 Å². The Hall–Kier alpha value is -1.64. The molecule has 0 saturated heterocycles. The van der Waals surface area contributed by atoms with Gasteiger partial charge in [0.25, 0.3) is 0 Å². The van der Waals surface area contributed by atoms with Crippen LogP contribution in [0, 0.1) is 6.92 Å². The molecule has 0 fully saturated rings. The lowest BCUT2D eigenvalue weighted by Gasteiger charge is -2.09. The van der Waals surface area contributed by atoms with Crippen LogP contribution in [0.15, 0.2) is 12.1 Å². The van der Waals surface area contributed by atoms with Crippen molar-refractivity contribution in [2.75, 3.05) is 7.11 Å². The van der Waals surface area contributed by atoms with Crippen molar-refractivity contribution in [1.82, 2.24) is 0 Å². The van der Waals surface area contributed by atoms with E-state index in [2.05, 4.69) is 0 Å². The second-order valence-electron chi connectivity index (χ2n) is 3.11. The van der Waals surface area contributed by atoms with Gasteiger partial charge in [0.05, 0.1) is 12.7 Å². The molecule has 0 unspecified atom stereocenters. The number of ketones is 1. The van der Waals surface area contributed by atoms with E-state index in [1.54, 1.807) is 12.1 Å². The van der Waals surface area contributed by atoms with Gasteiger partial charge in [0.15, 0.2) is 12.1 Å². The number of aryl methyl sites for hydroxylation is 1. The molecule has 0 aliphatic rings. The number of carbonyl (C=O) groups is 2. The molecule has 1 aromatic rings. The minimum absolute atomic E-state index is 0.163. The molecule has 0 amide bonds. The Balaban J connectivity index is 3.48. The van der Waals surface area contributed by atoms with E-state index in [1.807, 2.05) is 6.92 Å². The molecular weight excluding hydrogens is 180 g/mol. The monoisotopic (exact) mass is 192 g/mol. The molecule has 0 aliphatic carbocycles. The van der Waals surface area contributed by atoms with Gasteiger partial charge in [-0.25, -0.2) is 0 Å². The minimum Gasteiger partial charge on any atom is -0.496 e.